The molecule has 0 aromatic rings. The first-order valence-corrected chi connectivity index (χ1v) is 4.47. The van der Waals surface area contributed by atoms with Gasteiger partial charge >= 0.3 is 0 Å². The maximum absolute atomic E-state index is 13.0. The van der Waals surface area contributed by atoms with Crippen LogP contribution in [-0.2, 0) is 4.74 Å². The number of nitrogens with one attached hydrogen (secondary N) is 1. The number of ether oxygens (including phenoxy) is 1. The van der Waals surface area contributed by atoms with Crippen molar-refractivity contribution < 1.29 is 13.5 Å². The predicted molar refractivity (Wildman–Crippen MR) is 45.3 cm³/mol. The summed E-state index contributed by atoms with van der Waals surface area (Å²) in [5.41, 5.74) is 2.21. The highest BCUT2D eigenvalue weighted by Crippen LogP contribution is 2.28. The van der Waals surface area contributed by atoms with E-state index in [0.29, 0.717) is 26.1 Å². The first-order valence-electron chi connectivity index (χ1n) is 4.47. The molecule has 1 atom stereocenters. The average Bonchev–Trinajstić information content (AvgIpc) is 2.05. The van der Waals surface area contributed by atoms with Crippen LogP contribution in [0, 0.1) is 5.92 Å². The molecular formula is C8H16F2N2O. The lowest BCUT2D eigenvalue weighted by Gasteiger charge is -2.33. The number of hydrogen-bond acceptors (Lipinski definition) is 3. The Hall–Kier alpha value is -0.260. The van der Waals surface area contributed by atoms with E-state index in [2.05, 4.69) is 5.43 Å². The van der Waals surface area contributed by atoms with E-state index in [1.165, 1.54) is 0 Å². The summed E-state index contributed by atoms with van der Waals surface area (Å²) < 4.78 is 31.1. The van der Waals surface area contributed by atoms with E-state index in [9.17, 15) is 8.78 Å². The standard InChI is InChI=1S/C8H16F2N2O/c1-8(9,10)7(12-11)6-2-4-13-5-3-6/h6-7,12H,2-5,11H2,1H3. The first-order chi connectivity index (χ1) is 6.05. The minimum absolute atomic E-state index is 0.0845. The topological polar surface area (TPSA) is 47.3 Å². The molecule has 1 aliphatic heterocycles. The number of hydrazine groups is 1. The highest BCUT2D eigenvalue weighted by Gasteiger charge is 2.39. The summed E-state index contributed by atoms with van der Waals surface area (Å²) in [6, 6.07) is -0.934. The van der Waals surface area contributed by atoms with E-state index < -0.39 is 12.0 Å². The molecule has 0 radical (unpaired) electrons. The number of nitrogens with two attached hydrogens (primary N) is 1. The van der Waals surface area contributed by atoms with Gasteiger partial charge in [0.2, 0.25) is 0 Å². The summed E-state index contributed by atoms with van der Waals surface area (Å²) in [5, 5.41) is 0. The van der Waals surface area contributed by atoms with Crippen LogP contribution in [0.3, 0.4) is 0 Å². The van der Waals surface area contributed by atoms with Gasteiger partial charge in [-0.25, -0.2) is 8.78 Å². The van der Waals surface area contributed by atoms with E-state index in [0.717, 1.165) is 6.92 Å². The molecule has 1 saturated heterocycles. The van der Waals surface area contributed by atoms with Crippen LogP contribution >= 0.6 is 0 Å². The summed E-state index contributed by atoms with van der Waals surface area (Å²) in [6.45, 7) is 2.00. The Labute approximate surface area is 76.6 Å². The van der Waals surface area contributed by atoms with Crippen LogP contribution in [0.4, 0.5) is 8.78 Å². The number of hydrogen-bond donors (Lipinski definition) is 2. The van der Waals surface area contributed by atoms with Crippen molar-refractivity contribution in [2.75, 3.05) is 13.2 Å². The van der Waals surface area contributed by atoms with E-state index in [1.54, 1.807) is 0 Å². The Morgan fingerprint density at radius 3 is 2.38 bits per heavy atom. The van der Waals surface area contributed by atoms with E-state index in [4.69, 9.17) is 10.6 Å². The molecule has 0 aromatic carbocycles. The Kier molecular flexibility index (Phi) is 3.58. The molecule has 0 spiro atoms. The van der Waals surface area contributed by atoms with Crippen molar-refractivity contribution in [1.82, 2.24) is 5.43 Å². The second-order valence-corrected chi connectivity index (χ2v) is 3.55. The fourth-order valence-corrected chi connectivity index (χ4v) is 1.75. The molecule has 5 heteroatoms. The molecule has 1 unspecified atom stereocenters. The molecule has 78 valence electrons. The van der Waals surface area contributed by atoms with Crippen LogP contribution in [0.25, 0.3) is 0 Å². The third-order valence-corrected chi connectivity index (χ3v) is 2.46. The summed E-state index contributed by atoms with van der Waals surface area (Å²) >= 11 is 0. The van der Waals surface area contributed by atoms with Crippen LogP contribution in [0.5, 0.6) is 0 Å². The number of halogens is 2. The van der Waals surface area contributed by atoms with Crippen LogP contribution in [0.15, 0.2) is 0 Å². The molecule has 0 saturated carbocycles. The average molecular weight is 194 g/mol. The van der Waals surface area contributed by atoms with Crippen LogP contribution in [0.2, 0.25) is 0 Å². The Morgan fingerprint density at radius 2 is 2.00 bits per heavy atom. The Morgan fingerprint density at radius 1 is 1.46 bits per heavy atom. The van der Waals surface area contributed by atoms with Gasteiger partial charge in [0, 0.05) is 20.1 Å². The second-order valence-electron chi connectivity index (χ2n) is 3.55. The fraction of sp³-hybridized carbons (Fsp3) is 1.00. The molecule has 1 aliphatic rings. The molecule has 3 nitrogen and oxygen atoms in total. The quantitative estimate of drug-likeness (QED) is 0.518. The minimum atomic E-state index is -2.77. The van der Waals surface area contributed by atoms with Gasteiger partial charge in [-0.2, -0.15) is 0 Å². The van der Waals surface area contributed by atoms with E-state index in [-0.39, 0.29) is 5.92 Å². The molecule has 13 heavy (non-hydrogen) atoms. The van der Waals surface area contributed by atoms with Crippen LogP contribution in [0.1, 0.15) is 19.8 Å². The van der Waals surface area contributed by atoms with Gasteiger partial charge in [-0.05, 0) is 18.8 Å². The van der Waals surface area contributed by atoms with Crippen LogP contribution in [-0.4, -0.2) is 25.2 Å². The van der Waals surface area contributed by atoms with Gasteiger partial charge in [0.05, 0.1) is 6.04 Å². The van der Waals surface area contributed by atoms with Crippen molar-refractivity contribution in [2.45, 2.75) is 31.7 Å². The normalized spacial score (nSPS) is 23.1. The van der Waals surface area contributed by atoms with Gasteiger partial charge in [0.25, 0.3) is 5.92 Å². The summed E-state index contributed by atoms with van der Waals surface area (Å²) in [4.78, 5) is 0. The first kappa shape index (κ1) is 10.8. The monoisotopic (exact) mass is 194 g/mol. The molecule has 0 amide bonds. The smallest absolute Gasteiger partial charge is 0.261 e. The molecule has 1 fully saturated rings. The zero-order valence-corrected chi connectivity index (χ0v) is 7.72. The van der Waals surface area contributed by atoms with Crippen molar-refractivity contribution in [3.05, 3.63) is 0 Å². The minimum Gasteiger partial charge on any atom is -0.381 e. The molecule has 3 N–H and O–H groups in total. The zero-order chi connectivity index (χ0) is 9.90. The van der Waals surface area contributed by atoms with Gasteiger partial charge in [0.1, 0.15) is 0 Å². The summed E-state index contributed by atoms with van der Waals surface area (Å²) in [6.07, 6.45) is 1.30. The van der Waals surface area contributed by atoms with Gasteiger partial charge in [-0.3, -0.25) is 11.3 Å². The predicted octanol–water partition coefficient (Wildman–Crippen LogP) is 0.900. The van der Waals surface area contributed by atoms with Crippen molar-refractivity contribution >= 4 is 0 Å². The number of rotatable bonds is 3. The molecule has 0 aromatic heterocycles. The maximum Gasteiger partial charge on any atom is 0.261 e. The lowest BCUT2D eigenvalue weighted by atomic mass is 9.89. The van der Waals surface area contributed by atoms with Gasteiger partial charge in [-0.15, -0.1) is 0 Å². The Balaban J connectivity index is 2.54. The highest BCUT2D eigenvalue weighted by atomic mass is 19.3. The van der Waals surface area contributed by atoms with Crippen molar-refractivity contribution in [2.24, 2.45) is 11.8 Å². The molecule has 1 heterocycles. The van der Waals surface area contributed by atoms with Gasteiger partial charge in [-0.1, -0.05) is 0 Å². The van der Waals surface area contributed by atoms with Crippen molar-refractivity contribution in [1.29, 1.82) is 0 Å². The van der Waals surface area contributed by atoms with E-state index in [1.807, 2.05) is 0 Å². The molecule has 0 aliphatic carbocycles. The molecule has 1 rings (SSSR count). The lowest BCUT2D eigenvalue weighted by molar-refractivity contribution is -0.0593. The summed E-state index contributed by atoms with van der Waals surface area (Å²) in [7, 11) is 0. The van der Waals surface area contributed by atoms with Crippen LogP contribution < -0.4 is 11.3 Å². The fourth-order valence-electron chi connectivity index (χ4n) is 1.75. The lowest BCUT2D eigenvalue weighted by Crippen LogP contribution is -2.52. The van der Waals surface area contributed by atoms with Gasteiger partial charge < -0.3 is 4.74 Å². The summed E-state index contributed by atoms with van der Waals surface area (Å²) in [5.74, 6) is 2.27. The SMILES string of the molecule is CC(F)(F)C(NN)C1CCOCC1. The third kappa shape index (κ3) is 2.86. The highest BCUT2D eigenvalue weighted by molar-refractivity contribution is 4.85. The Bertz CT molecular complexity index is 155. The zero-order valence-electron chi connectivity index (χ0n) is 7.72. The number of alkyl halides is 2. The largest absolute Gasteiger partial charge is 0.381 e. The maximum atomic E-state index is 13.0. The molecule has 0 bridgehead atoms. The van der Waals surface area contributed by atoms with Gasteiger partial charge in [0.15, 0.2) is 0 Å². The van der Waals surface area contributed by atoms with Crippen molar-refractivity contribution in [3.63, 3.8) is 0 Å². The molecular weight excluding hydrogens is 178 g/mol. The third-order valence-electron chi connectivity index (χ3n) is 2.46. The second kappa shape index (κ2) is 4.30. The van der Waals surface area contributed by atoms with Crippen molar-refractivity contribution in [3.8, 4) is 0 Å². The van der Waals surface area contributed by atoms with E-state index >= 15 is 0 Å².